The van der Waals surface area contributed by atoms with E-state index in [1.54, 1.807) is 4.90 Å². The van der Waals surface area contributed by atoms with Crippen molar-refractivity contribution in [3.8, 4) is 5.75 Å². The number of nitrogens with zero attached hydrogens (tertiary/aromatic N) is 2. The number of aromatic hydroxyl groups is 1. The molecule has 2 bridgehead atoms. The molecule has 0 aromatic heterocycles. The van der Waals surface area contributed by atoms with Gasteiger partial charge in [0.15, 0.2) is 0 Å². The molecule has 2 fully saturated rings. The number of hydrogen-bond donors (Lipinski definition) is 1. The van der Waals surface area contributed by atoms with E-state index in [9.17, 15) is 23.5 Å². The fraction of sp³-hybridized carbons (Fsp3) is 0.600. The summed E-state index contributed by atoms with van der Waals surface area (Å²) in [4.78, 5) is 28.4. The van der Waals surface area contributed by atoms with Gasteiger partial charge in [0, 0.05) is 37.3 Å². The van der Waals surface area contributed by atoms with E-state index >= 15 is 0 Å². The van der Waals surface area contributed by atoms with Gasteiger partial charge in [0.25, 0.3) is 5.91 Å². The summed E-state index contributed by atoms with van der Waals surface area (Å²) in [6, 6.07) is 0.975. The number of ether oxygens (including phenoxy) is 1. The van der Waals surface area contributed by atoms with Crippen molar-refractivity contribution in [1.29, 1.82) is 0 Å². The Morgan fingerprint density at radius 2 is 1.75 bits per heavy atom. The van der Waals surface area contributed by atoms with Crippen LogP contribution in [0.5, 0.6) is 5.75 Å². The van der Waals surface area contributed by atoms with Crippen molar-refractivity contribution in [2.24, 2.45) is 0 Å². The number of phenols is 1. The summed E-state index contributed by atoms with van der Waals surface area (Å²) < 4.78 is 32.8. The summed E-state index contributed by atoms with van der Waals surface area (Å²) in [5.74, 6) is -3.46. The Balaban J connectivity index is 1.74. The van der Waals surface area contributed by atoms with Gasteiger partial charge in [-0.1, -0.05) is 0 Å². The van der Waals surface area contributed by atoms with Crippen LogP contribution in [-0.4, -0.2) is 57.7 Å². The third-order valence-corrected chi connectivity index (χ3v) is 5.43. The predicted molar refractivity (Wildman–Crippen MR) is 98.0 cm³/mol. The third kappa shape index (κ3) is 3.91. The van der Waals surface area contributed by atoms with Gasteiger partial charge in [-0.3, -0.25) is 4.79 Å². The molecule has 8 heteroatoms. The molecule has 2 aliphatic rings. The first kappa shape index (κ1) is 20.4. The predicted octanol–water partition coefficient (Wildman–Crippen LogP) is 3.67. The topological polar surface area (TPSA) is 70.1 Å². The van der Waals surface area contributed by atoms with Crippen molar-refractivity contribution in [3.63, 3.8) is 0 Å². The molecule has 2 heterocycles. The SMILES string of the molecule is CN(C(=O)c1c(O)cc(F)cc1F)C1CC2CCC(C1)N2C(=O)OC(C)(C)C. The lowest BCUT2D eigenvalue weighted by atomic mass is 9.96. The second-order valence-corrected chi connectivity index (χ2v) is 8.60. The molecule has 6 nitrogen and oxygen atoms in total. The number of halogens is 2. The van der Waals surface area contributed by atoms with Crippen LogP contribution < -0.4 is 0 Å². The molecule has 2 aliphatic heterocycles. The Labute approximate surface area is 163 Å². The highest BCUT2D eigenvalue weighted by atomic mass is 19.1. The first-order chi connectivity index (χ1) is 13.0. The quantitative estimate of drug-likeness (QED) is 0.828. The summed E-state index contributed by atoms with van der Waals surface area (Å²) in [7, 11) is 1.54. The Hall–Kier alpha value is -2.38. The van der Waals surface area contributed by atoms with Crippen molar-refractivity contribution < 1.29 is 28.2 Å². The highest BCUT2D eigenvalue weighted by Gasteiger charge is 2.46. The molecule has 2 unspecified atom stereocenters. The molecule has 0 aliphatic carbocycles. The van der Waals surface area contributed by atoms with E-state index in [0.717, 1.165) is 18.9 Å². The van der Waals surface area contributed by atoms with Gasteiger partial charge in [-0.05, 0) is 46.5 Å². The summed E-state index contributed by atoms with van der Waals surface area (Å²) in [5, 5.41) is 9.83. The second kappa shape index (κ2) is 7.22. The lowest BCUT2D eigenvalue weighted by Crippen LogP contribution is -2.53. The molecule has 1 aromatic carbocycles. The lowest BCUT2D eigenvalue weighted by Gasteiger charge is -2.42. The zero-order chi connectivity index (χ0) is 20.8. The van der Waals surface area contributed by atoms with Gasteiger partial charge in [0.2, 0.25) is 0 Å². The van der Waals surface area contributed by atoms with E-state index < -0.39 is 34.5 Å². The summed E-state index contributed by atoms with van der Waals surface area (Å²) in [6.45, 7) is 5.45. The molecule has 2 amide bonds. The van der Waals surface area contributed by atoms with Gasteiger partial charge in [-0.25, -0.2) is 13.6 Å². The number of carbonyl (C=O) groups excluding carboxylic acids is 2. The Morgan fingerprint density at radius 3 is 2.25 bits per heavy atom. The monoisotopic (exact) mass is 396 g/mol. The van der Waals surface area contributed by atoms with Gasteiger partial charge in [-0.15, -0.1) is 0 Å². The van der Waals surface area contributed by atoms with Crippen molar-refractivity contribution in [2.45, 2.75) is 70.2 Å². The van der Waals surface area contributed by atoms with Crippen LogP contribution in [-0.2, 0) is 4.74 Å². The number of phenolic OH excluding ortho intramolecular Hbond substituents is 1. The second-order valence-electron chi connectivity index (χ2n) is 8.60. The van der Waals surface area contributed by atoms with Gasteiger partial charge in [0.05, 0.1) is 0 Å². The molecule has 28 heavy (non-hydrogen) atoms. The Morgan fingerprint density at radius 1 is 1.18 bits per heavy atom. The number of carbonyl (C=O) groups is 2. The van der Waals surface area contributed by atoms with E-state index in [-0.39, 0.29) is 24.2 Å². The van der Waals surface area contributed by atoms with Crippen LogP contribution in [0.2, 0.25) is 0 Å². The maximum atomic E-state index is 14.1. The van der Waals surface area contributed by atoms with E-state index in [4.69, 9.17) is 4.74 Å². The van der Waals surface area contributed by atoms with Gasteiger partial charge in [0.1, 0.15) is 28.5 Å². The van der Waals surface area contributed by atoms with Crippen LogP contribution in [0, 0.1) is 11.6 Å². The van der Waals surface area contributed by atoms with E-state index in [1.165, 1.54) is 11.9 Å². The lowest BCUT2D eigenvalue weighted by molar-refractivity contribution is -0.00114. The number of amides is 2. The Kier molecular flexibility index (Phi) is 5.25. The summed E-state index contributed by atoms with van der Waals surface area (Å²) >= 11 is 0. The summed E-state index contributed by atoms with van der Waals surface area (Å²) in [5.41, 5.74) is -1.12. The van der Waals surface area contributed by atoms with Crippen molar-refractivity contribution in [1.82, 2.24) is 9.80 Å². The van der Waals surface area contributed by atoms with Crippen LogP contribution in [0.3, 0.4) is 0 Å². The molecule has 1 aromatic rings. The highest BCUT2D eigenvalue weighted by Crippen LogP contribution is 2.39. The number of benzene rings is 1. The normalized spacial score (nSPS) is 24.2. The van der Waals surface area contributed by atoms with E-state index in [1.807, 2.05) is 20.8 Å². The zero-order valence-corrected chi connectivity index (χ0v) is 16.5. The van der Waals surface area contributed by atoms with E-state index in [2.05, 4.69) is 0 Å². The minimum absolute atomic E-state index is 0.0551. The van der Waals surface area contributed by atoms with Crippen LogP contribution in [0.1, 0.15) is 56.8 Å². The maximum Gasteiger partial charge on any atom is 0.410 e. The standard InChI is InChI=1S/C20H26F2N2O4/c1-20(2,3)28-19(27)24-12-5-6-13(24)10-14(9-12)23(4)18(26)17-15(22)7-11(21)8-16(17)25/h7-8,12-14,25H,5-6,9-10H2,1-4H3. The molecule has 1 N–H and O–H groups in total. The molecule has 0 radical (unpaired) electrons. The molecular formula is C20H26F2N2O4. The smallest absolute Gasteiger partial charge is 0.410 e. The fourth-order valence-corrected chi connectivity index (χ4v) is 4.19. The number of rotatable bonds is 2. The molecule has 2 atom stereocenters. The third-order valence-electron chi connectivity index (χ3n) is 5.43. The van der Waals surface area contributed by atoms with Crippen LogP contribution in [0.4, 0.5) is 13.6 Å². The maximum absolute atomic E-state index is 14.1. The molecule has 0 saturated carbocycles. The average Bonchev–Trinajstić information content (AvgIpc) is 2.82. The first-order valence-electron chi connectivity index (χ1n) is 9.44. The van der Waals surface area contributed by atoms with Crippen LogP contribution in [0.25, 0.3) is 0 Å². The minimum atomic E-state index is -1.09. The highest BCUT2D eigenvalue weighted by molar-refractivity contribution is 5.97. The largest absolute Gasteiger partial charge is 0.507 e. The molecular weight excluding hydrogens is 370 g/mol. The van der Waals surface area contributed by atoms with Crippen molar-refractivity contribution in [2.75, 3.05) is 7.05 Å². The van der Waals surface area contributed by atoms with Crippen molar-refractivity contribution in [3.05, 3.63) is 29.3 Å². The number of hydrogen-bond acceptors (Lipinski definition) is 4. The molecule has 2 saturated heterocycles. The number of fused-ring (bicyclic) bond motifs is 2. The first-order valence-corrected chi connectivity index (χ1v) is 9.44. The van der Waals surface area contributed by atoms with Gasteiger partial charge >= 0.3 is 6.09 Å². The Bertz CT molecular complexity index is 756. The number of piperidine rings is 1. The van der Waals surface area contributed by atoms with E-state index in [0.29, 0.717) is 18.9 Å². The van der Waals surface area contributed by atoms with Crippen LogP contribution in [0.15, 0.2) is 12.1 Å². The minimum Gasteiger partial charge on any atom is -0.507 e. The summed E-state index contributed by atoms with van der Waals surface area (Å²) in [6.07, 6.45) is 2.37. The van der Waals surface area contributed by atoms with Gasteiger partial charge in [-0.2, -0.15) is 0 Å². The molecule has 154 valence electrons. The fourth-order valence-electron chi connectivity index (χ4n) is 4.19. The zero-order valence-electron chi connectivity index (χ0n) is 16.5. The van der Waals surface area contributed by atoms with Crippen LogP contribution >= 0.6 is 0 Å². The van der Waals surface area contributed by atoms with Gasteiger partial charge < -0.3 is 19.6 Å². The molecule has 3 rings (SSSR count). The van der Waals surface area contributed by atoms with Crippen molar-refractivity contribution >= 4 is 12.0 Å². The average molecular weight is 396 g/mol. The molecule has 0 spiro atoms.